The summed E-state index contributed by atoms with van der Waals surface area (Å²) in [5.41, 5.74) is 0.318. The van der Waals surface area contributed by atoms with E-state index < -0.39 is 0 Å². The SMILES string of the molecule is C#CC(C)(CC)C(C)(C)CC. The minimum Gasteiger partial charge on any atom is -0.120 e. The highest BCUT2D eigenvalue weighted by Crippen LogP contribution is 2.43. The molecule has 0 rings (SSSR count). The van der Waals surface area contributed by atoms with Crippen LogP contribution >= 0.6 is 0 Å². The Balaban J connectivity index is 4.65. The summed E-state index contributed by atoms with van der Waals surface area (Å²) in [6.45, 7) is 11.0. The lowest BCUT2D eigenvalue weighted by Gasteiger charge is -2.39. The summed E-state index contributed by atoms with van der Waals surface area (Å²) in [5.74, 6) is 2.92. The molecule has 0 radical (unpaired) electrons. The lowest BCUT2D eigenvalue weighted by atomic mass is 9.64. The number of terminal acetylenes is 1. The van der Waals surface area contributed by atoms with Gasteiger partial charge in [0.2, 0.25) is 0 Å². The molecule has 0 aliphatic carbocycles. The monoisotopic (exact) mass is 152 g/mol. The highest BCUT2D eigenvalue weighted by Gasteiger charge is 2.36. The maximum absolute atomic E-state index is 5.53. The van der Waals surface area contributed by atoms with Crippen molar-refractivity contribution in [2.75, 3.05) is 0 Å². The summed E-state index contributed by atoms with van der Waals surface area (Å²) in [4.78, 5) is 0. The fourth-order valence-electron chi connectivity index (χ4n) is 1.17. The fourth-order valence-corrected chi connectivity index (χ4v) is 1.17. The van der Waals surface area contributed by atoms with Crippen LogP contribution in [0.4, 0.5) is 0 Å². The Kier molecular flexibility index (Phi) is 3.17. The zero-order chi connectivity index (χ0) is 9.12. The maximum Gasteiger partial charge on any atom is 0.0332 e. The molecular formula is C11H20. The topological polar surface area (TPSA) is 0 Å². The first-order valence-corrected chi connectivity index (χ1v) is 4.41. The molecule has 0 fully saturated rings. The van der Waals surface area contributed by atoms with Crippen molar-refractivity contribution in [1.29, 1.82) is 0 Å². The molecule has 0 spiro atoms. The molecule has 1 unspecified atom stereocenters. The van der Waals surface area contributed by atoms with Gasteiger partial charge in [0.1, 0.15) is 0 Å². The average molecular weight is 152 g/mol. The van der Waals surface area contributed by atoms with Gasteiger partial charge in [-0.3, -0.25) is 0 Å². The van der Waals surface area contributed by atoms with E-state index in [2.05, 4.69) is 40.5 Å². The molecule has 64 valence electrons. The van der Waals surface area contributed by atoms with Crippen LogP contribution in [0, 0.1) is 23.2 Å². The molecule has 0 bridgehead atoms. The molecule has 0 heteroatoms. The van der Waals surface area contributed by atoms with Crippen LogP contribution in [0.15, 0.2) is 0 Å². The van der Waals surface area contributed by atoms with Gasteiger partial charge in [-0.05, 0) is 25.2 Å². The minimum atomic E-state index is 0.0573. The molecule has 0 heterocycles. The maximum atomic E-state index is 5.53. The summed E-state index contributed by atoms with van der Waals surface area (Å²) in [6, 6.07) is 0. The average Bonchev–Trinajstić information content (AvgIpc) is 2.02. The van der Waals surface area contributed by atoms with E-state index in [1.54, 1.807) is 0 Å². The van der Waals surface area contributed by atoms with E-state index in [0.717, 1.165) is 12.8 Å². The van der Waals surface area contributed by atoms with Crippen LogP contribution in [0.3, 0.4) is 0 Å². The van der Waals surface area contributed by atoms with Gasteiger partial charge in [-0.25, -0.2) is 0 Å². The van der Waals surface area contributed by atoms with E-state index in [0.29, 0.717) is 0 Å². The molecule has 0 amide bonds. The van der Waals surface area contributed by atoms with Crippen LogP contribution in [0.1, 0.15) is 47.5 Å². The molecule has 1 atom stereocenters. The molecule has 11 heavy (non-hydrogen) atoms. The molecule has 0 saturated carbocycles. The van der Waals surface area contributed by atoms with Gasteiger partial charge >= 0.3 is 0 Å². The molecule has 0 aliphatic heterocycles. The van der Waals surface area contributed by atoms with Gasteiger partial charge in [-0.15, -0.1) is 6.42 Å². The van der Waals surface area contributed by atoms with Crippen molar-refractivity contribution < 1.29 is 0 Å². The molecule has 0 N–H and O–H groups in total. The van der Waals surface area contributed by atoms with Gasteiger partial charge in [0, 0.05) is 5.41 Å². The first kappa shape index (κ1) is 10.6. The Morgan fingerprint density at radius 3 is 1.64 bits per heavy atom. The van der Waals surface area contributed by atoms with E-state index in [4.69, 9.17) is 6.42 Å². The predicted octanol–water partition coefficient (Wildman–Crippen LogP) is 3.47. The van der Waals surface area contributed by atoms with E-state index in [1.165, 1.54) is 0 Å². The van der Waals surface area contributed by atoms with Crippen molar-refractivity contribution in [2.45, 2.75) is 47.5 Å². The number of rotatable bonds is 3. The Labute approximate surface area is 71.4 Å². The summed E-state index contributed by atoms with van der Waals surface area (Å²) in [6.07, 6.45) is 7.73. The van der Waals surface area contributed by atoms with Gasteiger partial charge in [0.05, 0.1) is 0 Å². The third-order valence-electron chi connectivity index (χ3n) is 3.40. The number of hydrogen-bond donors (Lipinski definition) is 0. The van der Waals surface area contributed by atoms with E-state index in [1.807, 2.05) is 0 Å². The van der Waals surface area contributed by atoms with Crippen molar-refractivity contribution in [1.82, 2.24) is 0 Å². The highest BCUT2D eigenvalue weighted by atomic mass is 14.4. The Bertz CT molecular complexity index is 159. The van der Waals surface area contributed by atoms with Gasteiger partial charge < -0.3 is 0 Å². The molecule has 0 aromatic rings. The summed E-state index contributed by atoms with van der Waals surface area (Å²) in [5, 5.41) is 0. The van der Waals surface area contributed by atoms with Crippen molar-refractivity contribution in [3.63, 3.8) is 0 Å². The van der Waals surface area contributed by atoms with Crippen LogP contribution in [0.5, 0.6) is 0 Å². The first-order chi connectivity index (χ1) is 4.93. The summed E-state index contributed by atoms with van der Waals surface area (Å²) < 4.78 is 0. The van der Waals surface area contributed by atoms with Crippen LogP contribution in [-0.2, 0) is 0 Å². The second-order valence-electron chi connectivity index (χ2n) is 4.07. The highest BCUT2D eigenvalue weighted by molar-refractivity contribution is 5.09. The van der Waals surface area contributed by atoms with E-state index >= 15 is 0 Å². The van der Waals surface area contributed by atoms with Crippen LogP contribution < -0.4 is 0 Å². The standard InChI is InChI=1S/C11H20/c1-7-10(4,5)11(6,8-2)9-3/h2H,7,9H2,1,3-6H3. The molecule has 0 aromatic carbocycles. The predicted molar refractivity (Wildman–Crippen MR) is 51.3 cm³/mol. The van der Waals surface area contributed by atoms with Crippen LogP contribution in [0.25, 0.3) is 0 Å². The zero-order valence-electron chi connectivity index (χ0n) is 8.49. The Hall–Kier alpha value is -0.440. The lowest BCUT2D eigenvalue weighted by molar-refractivity contribution is 0.143. The fraction of sp³-hybridized carbons (Fsp3) is 0.818. The third-order valence-corrected chi connectivity index (χ3v) is 3.40. The summed E-state index contributed by atoms with van der Waals surface area (Å²) >= 11 is 0. The largest absolute Gasteiger partial charge is 0.120 e. The first-order valence-electron chi connectivity index (χ1n) is 4.41. The van der Waals surface area contributed by atoms with Crippen molar-refractivity contribution in [3.8, 4) is 12.3 Å². The number of hydrogen-bond acceptors (Lipinski definition) is 0. The van der Waals surface area contributed by atoms with Crippen LogP contribution in [-0.4, -0.2) is 0 Å². The molecular weight excluding hydrogens is 132 g/mol. The zero-order valence-corrected chi connectivity index (χ0v) is 8.49. The second kappa shape index (κ2) is 3.30. The van der Waals surface area contributed by atoms with E-state index in [9.17, 15) is 0 Å². The second-order valence-corrected chi connectivity index (χ2v) is 4.07. The van der Waals surface area contributed by atoms with E-state index in [-0.39, 0.29) is 10.8 Å². The quantitative estimate of drug-likeness (QED) is 0.543. The van der Waals surface area contributed by atoms with Gasteiger partial charge in [-0.2, -0.15) is 0 Å². The van der Waals surface area contributed by atoms with Gasteiger partial charge in [0.15, 0.2) is 0 Å². The van der Waals surface area contributed by atoms with Crippen molar-refractivity contribution in [2.24, 2.45) is 10.8 Å². The molecule has 0 aliphatic rings. The van der Waals surface area contributed by atoms with Crippen LogP contribution in [0.2, 0.25) is 0 Å². The molecule has 0 aromatic heterocycles. The van der Waals surface area contributed by atoms with Crippen molar-refractivity contribution in [3.05, 3.63) is 0 Å². The Morgan fingerprint density at radius 1 is 1.09 bits per heavy atom. The molecule has 0 saturated heterocycles. The lowest BCUT2D eigenvalue weighted by Crippen LogP contribution is -2.32. The van der Waals surface area contributed by atoms with Crippen molar-refractivity contribution >= 4 is 0 Å². The third kappa shape index (κ3) is 1.77. The normalized spacial score (nSPS) is 17.1. The summed E-state index contributed by atoms with van der Waals surface area (Å²) in [7, 11) is 0. The minimum absolute atomic E-state index is 0.0573. The smallest absolute Gasteiger partial charge is 0.0332 e. The molecule has 0 nitrogen and oxygen atoms in total. The Morgan fingerprint density at radius 2 is 1.55 bits per heavy atom. The van der Waals surface area contributed by atoms with Gasteiger partial charge in [-0.1, -0.05) is 33.6 Å². The van der Waals surface area contributed by atoms with Gasteiger partial charge in [0.25, 0.3) is 0 Å².